The lowest BCUT2D eigenvalue weighted by Gasteiger charge is -2.10. The number of pyridine rings is 1. The minimum atomic E-state index is -0.269. The summed E-state index contributed by atoms with van der Waals surface area (Å²) in [6.07, 6.45) is 1.71. The Hall–Kier alpha value is -3.64. The van der Waals surface area contributed by atoms with Crippen LogP contribution in [0.25, 0.3) is 5.65 Å². The largest absolute Gasteiger partial charge is 0.487 e. The lowest BCUT2D eigenvalue weighted by Crippen LogP contribution is -2.16. The quantitative estimate of drug-likeness (QED) is 0.517. The number of carbonyl (C=O) groups excluding carboxylic acids is 1. The molecule has 0 aliphatic rings. The Kier molecular flexibility index (Phi) is 5.50. The van der Waals surface area contributed by atoms with E-state index in [0.29, 0.717) is 33.4 Å². The van der Waals surface area contributed by atoms with E-state index in [2.05, 4.69) is 10.3 Å². The summed E-state index contributed by atoms with van der Waals surface area (Å²) in [5.74, 6) is 0.277. The van der Waals surface area contributed by atoms with Crippen molar-refractivity contribution in [1.82, 2.24) is 9.38 Å². The van der Waals surface area contributed by atoms with Crippen molar-refractivity contribution in [2.24, 2.45) is 0 Å². The average Bonchev–Trinajstić information content (AvgIpc) is 2.72. The first-order valence-electron chi connectivity index (χ1n) is 9.27. The first-order chi connectivity index (χ1) is 14.5. The van der Waals surface area contributed by atoms with Crippen LogP contribution in [0.15, 0.2) is 77.7 Å². The molecule has 0 saturated carbocycles. The summed E-state index contributed by atoms with van der Waals surface area (Å²) in [7, 11) is 0. The molecule has 2 aromatic carbocycles. The van der Waals surface area contributed by atoms with Gasteiger partial charge in [0.1, 0.15) is 18.0 Å². The summed E-state index contributed by atoms with van der Waals surface area (Å²) in [5, 5.41) is 3.31. The number of ether oxygens (including phenoxy) is 1. The van der Waals surface area contributed by atoms with Crippen molar-refractivity contribution < 1.29 is 9.53 Å². The van der Waals surface area contributed by atoms with Crippen molar-refractivity contribution in [2.75, 3.05) is 5.32 Å². The van der Waals surface area contributed by atoms with Gasteiger partial charge < -0.3 is 10.1 Å². The van der Waals surface area contributed by atoms with Crippen LogP contribution >= 0.6 is 11.6 Å². The van der Waals surface area contributed by atoms with Gasteiger partial charge in [0.05, 0.1) is 5.69 Å². The number of hydrogen-bond donors (Lipinski definition) is 1. The van der Waals surface area contributed by atoms with E-state index < -0.39 is 0 Å². The number of aryl methyl sites for hydroxylation is 1. The van der Waals surface area contributed by atoms with Crippen LogP contribution in [-0.4, -0.2) is 15.3 Å². The van der Waals surface area contributed by atoms with E-state index in [9.17, 15) is 9.59 Å². The Morgan fingerprint density at radius 3 is 2.77 bits per heavy atom. The van der Waals surface area contributed by atoms with E-state index in [0.717, 1.165) is 5.56 Å². The maximum Gasteiger partial charge on any atom is 0.258 e. The molecule has 0 fully saturated rings. The van der Waals surface area contributed by atoms with Crippen LogP contribution in [0.4, 0.5) is 5.69 Å². The normalized spacial score (nSPS) is 10.7. The number of benzene rings is 2. The monoisotopic (exact) mass is 419 g/mol. The van der Waals surface area contributed by atoms with E-state index in [4.69, 9.17) is 16.3 Å². The lowest BCUT2D eigenvalue weighted by atomic mass is 10.2. The highest BCUT2D eigenvalue weighted by atomic mass is 35.5. The number of carbonyl (C=O) groups is 1. The summed E-state index contributed by atoms with van der Waals surface area (Å²) in [6, 6.07) is 18.9. The third-order valence-corrected chi connectivity index (χ3v) is 4.68. The summed E-state index contributed by atoms with van der Waals surface area (Å²) < 4.78 is 7.28. The van der Waals surface area contributed by atoms with Crippen molar-refractivity contribution in [2.45, 2.75) is 13.5 Å². The van der Waals surface area contributed by atoms with E-state index in [1.807, 2.05) is 19.1 Å². The minimum absolute atomic E-state index is 0.130. The number of fused-ring (bicyclic) bond motifs is 1. The highest BCUT2D eigenvalue weighted by molar-refractivity contribution is 6.31. The van der Waals surface area contributed by atoms with Gasteiger partial charge in [-0.25, -0.2) is 4.98 Å². The predicted octanol–water partition coefficient (Wildman–Crippen LogP) is 4.49. The predicted molar refractivity (Wildman–Crippen MR) is 116 cm³/mol. The Morgan fingerprint density at radius 2 is 1.93 bits per heavy atom. The first-order valence-corrected chi connectivity index (χ1v) is 9.64. The van der Waals surface area contributed by atoms with Crippen LogP contribution in [0, 0.1) is 6.92 Å². The Balaban J connectivity index is 1.48. The smallest absolute Gasteiger partial charge is 0.258 e. The third kappa shape index (κ3) is 4.50. The van der Waals surface area contributed by atoms with Crippen molar-refractivity contribution in [3.8, 4) is 5.75 Å². The van der Waals surface area contributed by atoms with Crippen LogP contribution in [0.2, 0.25) is 5.02 Å². The number of halogens is 1. The Morgan fingerprint density at radius 1 is 1.10 bits per heavy atom. The summed E-state index contributed by atoms with van der Waals surface area (Å²) in [6.45, 7) is 2.07. The van der Waals surface area contributed by atoms with Crippen molar-refractivity contribution in [3.05, 3.63) is 105 Å². The SMILES string of the molecule is Cc1ccn2c(=O)cc(COc3cccc(NC(=O)c4cccc(Cl)c4)c3)nc2c1. The fraction of sp³-hybridized carbons (Fsp3) is 0.0870. The lowest BCUT2D eigenvalue weighted by molar-refractivity contribution is 0.102. The van der Waals surface area contributed by atoms with Crippen molar-refractivity contribution in [1.29, 1.82) is 0 Å². The minimum Gasteiger partial charge on any atom is -0.487 e. The van der Waals surface area contributed by atoms with E-state index in [1.165, 1.54) is 10.5 Å². The van der Waals surface area contributed by atoms with Crippen molar-refractivity contribution >= 4 is 28.8 Å². The molecule has 0 bridgehead atoms. The van der Waals surface area contributed by atoms with Gasteiger partial charge in [-0.1, -0.05) is 23.7 Å². The van der Waals surface area contributed by atoms with Crippen LogP contribution in [0.5, 0.6) is 5.75 Å². The maximum atomic E-state index is 12.4. The van der Waals surface area contributed by atoms with Crippen LogP contribution < -0.4 is 15.6 Å². The highest BCUT2D eigenvalue weighted by Gasteiger charge is 2.08. The molecule has 7 heteroatoms. The van der Waals surface area contributed by atoms with E-state index in [1.54, 1.807) is 54.7 Å². The maximum absolute atomic E-state index is 12.4. The standard InChI is InChI=1S/C23H18ClN3O3/c1-15-8-9-27-21(10-15)25-19(13-22(27)28)14-30-20-7-3-6-18(12-20)26-23(29)16-4-2-5-17(24)11-16/h2-13H,14H2,1H3,(H,26,29). The molecule has 6 nitrogen and oxygen atoms in total. The number of amides is 1. The van der Waals surface area contributed by atoms with Crippen molar-refractivity contribution in [3.63, 3.8) is 0 Å². The first kappa shape index (κ1) is 19.7. The van der Waals surface area contributed by atoms with Gasteiger partial charge in [-0.2, -0.15) is 0 Å². The number of nitrogens with zero attached hydrogens (tertiary/aromatic N) is 2. The fourth-order valence-electron chi connectivity index (χ4n) is 2.98. The molecule has 0 spiro atoms. The summed E-state index contributed by atoms with van der Waals surface area (Å²) in [4.78, 5) is 29.1. The molecule has 0 saturated heterocycles. The molecule has 2 aromatic heterocycles. The molecule has 4 rings (SSSR count). The molecule has 0 aliphatic heterocycles. The Bertz CT molecular complexity index is 1300. The second-order valence-corrected chi connectivity index (χ2v) is 7.24. The topological polar surface area (TPSA) is 72.7 Å². The molecular formula is C23H18ClN3O3. The summed E-state index contributed by atoms with van der Waals surface area (Å²) >= 11 is 5.94. The summed E-state index contributed by atoms with van der Waals surface area (Å²) in [5.41, 5.74) is 3.00. The zero-order valence-corrected chi connectivity index (χ0v) is 16.9. The van der Waals surface area contributed by atoms with Gasteiger partial charge in [-0.3, -0.25) is 14.0 Å². The number of aromatic nitrogens is 2. The van der Waals surface area contributed by atoms with Gasteiger partial charge in [0.15, 0.2) is 0 Å². The number of hydrogen-bond acceptors (Lipinski definition) is 4. The van der Waals surface area contributed by atoms with Gasteiger partial charge in [0.25, 0.3) is 11.5 Å². The molecule has 0 aliphatic carbocycles. The molecule has 1 amide bonds. The van der Waals surface area contributed by atoms with Gasteiger partial charge in [-0.05, 0) is 55.0 Å². The average molecular weight is 420 g/mol. The van der Waals surface area contributed by atoms with E-state index in [-0.39, 0.29) is 18.1 Å². The molecule has 150 valence electrons. The van der Waals surface area contributed by atoms with Crippen LogP contribution in [-0.2, 0) is 6.61 Å². The van der Waals surface area contributed by atoms with E-state index >= 15 is 0 Å². The van der Waals surface area contributed by atoms with Crippen LogP contribution in [0.1, 0.15) is 21.6 Å². The molecule has 1 N–H and O–H groups in total. The second kappa shape index (κ2) is 8.39. The number of anilines is 1. The van der Waals surface area contributed by atoms with Gasteiger partial charge >= 0.3 is 0 Å². The van der Waals surface area contributed by atoms with Crippen LogP contribution in [0.3, 0.4) is 0 Å². The molecule has 2 heterocycles. The molecular weight excluding hydrogens is 402 g/mol. The number of rotatable bonds is 5. The molecule has 4 aromatic rings. The molecule has 0 unspecified atom stereocenters. The third-order valence-electron chi connectivity index (χ3n) is 4.44. The zero-order chi connectivity index (χ0) is 21.1. The highest BCUT2D eigenvalue weighted by Crippen LogP contribution is 2.20. The fourth-order valence-corrected chi connectivity index (χ4v) is 3.17. The number of nitrogens with one attached hydrogen (secondary N) is 1. The van der Waals surface area contributed by atoms with Gasteiger partial charge in [0.2, 0.25) is 0 Å². The zero-order valence-electron chi connectivity index (χ0n) is 16.1. The molecule has 0 radical (unpaired) electrons. The second-order valence-electron chi connectivity index (χ2n) is 6.80. The van der Waals surface area contributed by atoms with Gasteiger partial charge in [0, 0.05) is 34.6 Å². The molecule has 30 heavy (non-hydrogen) atoms. The van der Waals surface area contributed by atoms with Gasteiger partial charge in [-0.15, -0.1) is 0 Å². The Labute approximate surface area is 177 Å². The molecule has 0 atom stereocenters.